The van der Waals surface area contributed by atoms with Gasteiger partial charge in [-0.15, -0.1) is 0 Å². The Hall–Kier alpha value is -2.81. The van der Waals surface area contributed by atoms with E-state index in [0.29, 0.717) is 25.0 Å². The molecule has 1 amide bonds. The molecule has 200 valence electrons. The number of rotatable bonds is 4. The minimum absolute atomic E-state index is 0.0383. The van der Waals surface area contributed by atoms with Gasteiger partial charge in [0, 0.05) is 25.1 Å². The van der Waals surface area contributed by atoms with Gasteiger partial charge in [-0.1, -0.05) is 18.2 Å². The first kappa shape index (κ1) is 27.2. The van der Waals surface area contributed by atoms with Crippen molar-refractivity contribution in [2.24, 2.45) is 0 Å². The van der Waals surface area contributed by atoms with Gasteiger partial charge >= 0.3 is 0 Å². The maximum Gasteiger partial charge on any atom is 0.220 e. The van der Waals surface area contributed by atoms with Crippen LogP contribution in [0.25, 0.3) is 0 Å². The second-order valence-corrected chi connectivity index (χ2v) is 10.1. The lowest BCUT2D eigenvalue weighted by atomic mass is 9.99. The van der Waals surface area contributed by atoms with E-state index in [9.17, 15) is 18.7 Å². The first-order valence-electron chi connectivity index (χ1n) is 13.0. The highest BCUT2D eigenvalue weighted by Crippen LogP contribution is 2.42. The van der Waals surface area contributed by atoms with Crippen LogP contribution in [0.1, 0.15) is 68.4 Å². The summed E-state index contributed by atoms with van der Waals surface area (Å²) in [5.74, 6) is -0.825. The Morgan fingerprint density at radius 3 is 2.65 bits per heavy atom. The summed E-state index contributed by atoms with van der Waals surface area (Å²) in [5.41, 5.74) is 2.51. The molecule has 1 aliphatic heterocycles. The molecule has 2 aromatic carbocycles. The van der Waals surface area contributed by atoms with E-state index in [1.54, 1.807) is 0 Å². The molecule has 4 rings (SSSR count). The van der Waals surface area contributed by atoms with Gasteiger partial charge in [0.1, 0.15) is 17.4 Å². The Bertz CT molecular complexity index is 1090. The van der Waals surface area contributed by atoms with Gasteiger partial charge in [0.2, 0.25) is 5.91 Å². The number of aliphatic hydroxyl groups excluding tert-OH is 1. The van der Waals surface area contributed by atoms with Crippen molar-refractivity contribution < 1.29 is 28.2 Å². The molecule has 37 heavy (non-hydrogen) atoms. The van der Waals surface area contributed by atoms with E-state index in [1.165, 1.54) is 12.1 Å². The number of aliphatic hydroxyl groups is 1. The monoisotopic (exact) mass is 514 g/mol. The fourth-order valence-electron chi connectivity index (χ4n) is 5.00. The van der Waals surface area contributed by atoms with Gasteiger partial charge in [0.15, 0.2) is 0 Å². The molecular weight excluding hydrogens is 478 g/mol. The highest BCUT2D eigenvalue weighted by atomic mass is 19.1. The van der Waals surface area contributed by atoms with E-state index in [0.717, 1.165) is 29.4 Å². The molecule has 0 unspecified atom stereocenters. The number of hydrogen-bond acceptors (Lipinski definition) is 5. The molecule has 0 saturated heterocycles. The molecule has 4 atom stereocenters. The van der Waals surface area contributed by atoms with Crippen LogP contribution in [-0.2, 0) is 16.0 Å². The van der Waals surface area contributed by atoms with E-state index in [-0.39, 0.29) is 43.5 Å². The number of carbonyl (C=O) groups is 1. The van der Waals surface area contributed by atoms with Gasteiger partial charge in [-0.3, -0.25) is 4.79 Å². The fraction of sp³-hybridized carbons (Fsp3) is 0.483. The van der Waals surface area contributed by atoms with Crippen molar-refractivity contribution >= 4 is 5.91 Å². The number of nitrogens with one attached hydrogen (secondary N) is 2. The second kappa shape index (κ2) is 12.6. The summed E-state index contributed by atoms with van der Waals surface area (Å²) in [6.07, 6.45) is 5.38. The van der Waals surface area contributed by atoms with Crippen molar-refractivity contribution in [1.29, 1.82) is 0 Å². The number of halogens is 2. The lowest BCUT2D eigenvalue weighted by Gasteiger charge is -2.26. The second-order valence-electron chi connectivity index (χ2n) is 10.1. The molecular formula is C29H36F2N2O4. The molecule has 2 aliphatic rings. The minimum Gasteiger partial charge on any atom is -0.491 e. The van der Waals surface area contributed by atoms with E-state index >= 15 is 0 Å². The number of benzene rings is 2. The standard InChI is InChI=1S/C29H36F2N2O4/c1-18(2)37-22-8-9-23-24(15-22)25-16-28(23)36-10-6-4-3-5-7-29(35)33-26(27(34)17-32-25)13-19-11-20(30)14-21(31)12-19/h4,6,8-9,11-12,14-15,18,25-28,32,34H,3,5,7,10,13,16-17H2,1-2H3,(H,33,35)/b6-4+/t25-,26+,27+,28+/m1/s1. The number of carbonyl (C=O) groups excluding carboxylic acids is 1. The molecule has 8 heteroatoms. The van der Waals surface area contributed by atoms with Gasteiger partial charge in [0.05, 0.1) is 31.0 Å². The van der Waals surface area contributed by atoms with Crippen molar-refractivity contribution in [1.82, 2.24) is 10.6 Å². The van der Waals surface area contributed by atoms with Crippen molar-refractivity contribution in [2.75, 3.05) is 13.2 Å². The molecule has 0 radical (unpaired) electrons. The number of β-amino-alcohol motifs (C(OH)–C–C–N with tert-alkyl or cyclic N) is 1. The smallest absolute Gasteiger partial charge is 0.220 e. The average molecular weight is 515 g/mol. The number of hydrogen-bond donors (Lipinski definition) is 3. The summed E-state index contributed by atoms with van der Waals surface area (Å²) in [6, 6.07) is 8.46. The Balaban J connectivity index is 1.56. The maximum atomic E-state index is 13.8. The zero-order chi connectivity index (χ0) is 26.4. The first-order valence-corrected chi connectivity index (χ1v) is 13.0. The van der Waals surface area contributed by atoms with Gasteiger partial charge in [-0.2, -0.15) is 0 Å². The van der Waals surface area contributed by atoms with Gasteiger partial charge < -0.3 is 25.2 Å². The third-order valence-corrected chi connectivity index (χ3v) is 6.70. The van der Waals surface area contributed by atoms with Crippen molar-refractivity contribution in [3.05, 3.63) is 76.9 Å². The van der Waals surface area contributed by atoms with E-state index in [4.69, 9.17) is 9.47 Å². The quantitative estimate of drug-likeness (QED) is 0.517. The van der Waals surface area contributed by atoms with E-state index < -0.39 is 23.8 Å². The number of ether oxygens (including phenoxy) is 2. The highest BCUT2D eigenvalue weighted by molar-refractivity contribution is 5.76. The van der Waals surface area contributed by atoms with Crippen LogP contribution in [0.15, 0.2) is 48.6 Å². The Labute approximate surface area is 217 Å². The molecule has 0 spiro atoms. The molecule has 0 aromatic heterocycles. The van der Waals surface area contributed by atoms with Crippen LogP contribution < -0.4 is 15.4 Å². The SMILES string of the molecule is CC(C)Oc1ccc2c(c1)[C@H]1C[C@@H]2OC/C=C/CCCC(=O)N[C@@H](Cc2cc(F)cc(F)c2)[C@@H](O)CN1. The zero-order valence-electron chi connectivity index (χ0n) is 21.4. The van der Waals surface area contributed by atoms with Gasteiger partial charge in [-0.05, 0) is 80.5 Å². The van der Waals surface area contributed by atoms with Gasteiger partial charge in [0.25, 0.3) is 0 Å². The average Bonchev–Trinajstić information content (AvgIpc) is 3.16. The molecule has 1 aliphatic carbocycles. The predicted molar refractivity (Wildman–Crippen MR) is 137 cm³/mol. The first-order chi connectivity index (χ1) is 17.8. The van der Waals surface area contributed by atoms with E-state index in [1.807, 2.05) is 44.2 Å². The number of fused-ring (bicyclic) bond motifs is 5. The van der Waals surface area contributed by atoms with Crippen molar-refractivity contribution in [3.63, 3.8) is 0 Å². The van der Waals surface area contributed by atoms with Crippen molar-refractivity contribution in [3.8, 4) is 5.75 Å². The zero-order valence-corrected chi connectivity index (χ0v) is 21.4. The minimum atomic E-state index is -0.985. The summed E-state index contributed by atoms with van der Waals surface area (Å²) < 4.78 is 39.7. The molecule has 0 saturated carbocycles. The van der Waals surface area contributed by atoms with Crippen LogP contribution in [0.4, 0.5) is 8.78 Å². The lowest BCUT2D eigenvalue weighted by Crippen LogP contribution is -2.49. The Morgan fingerprint density at radius 1 is 1.11 bits per heavy atom. The Morgan fingerprint density at radius 2 is 1.89 bits per heavy atom. The van der Waals surface area contributed by atoms with Gasteiger partial charge in [-0.25, -0.2) is 8.78 Å². The van der Waals surface area contributed by atoms with Crippen molar-refractivity contribution in [2.45, 2.75) is 76.3 Å². The number of allylic oxidation sites excluding steroid dienone is 1. The summed E-state index contributed by atoms with van der Waals surface area (Å²) in [6.45, 7) is 4.60. The van der Waals surface area contributed by atoms with Crippen LogP contribution in [0.2, 0.25) is 0 Å². The largest absolute Gasteiger partial charge is 0.491 e. The fourth-order valence-corrected chi connectivity index (χ4v) is 5.00. The highest BCUT2D eigenvalue weighted by Gasteiger charge is 2.33. The van der Waals surface area contributed by atoms with Crippen LogP contribution in [-0.4, -0.2) is 42.4 Å². The molecule has 6 nitrogen and oxygen atoms in total. The topological polar surface area (TPSA) is 79.8 Å². The molecule has 1 heterocycles. The number of amides is 1. The van der Waals surface area contributed by atoms with Crippen LogP contribution in [0.5, 0.6) is 5.75 Å². The summed E-state index contributed by atoms with van der Waals surface area (Å²) in [5, 5.41) is 17.4. The predicted octanol–water partition coefficient (Wildman–Crippen LogP) is 4.67. The maximum absolute atomic E-state index is 13.8. The van der Waals surface area contributed by atoms with Crippen LogP contribution in [0.3, 0.4) is 0 Å². The third-order valence-electron chi connectivity index (χ3n) is 6.70. The van der Waals surface area contributed by atoms with Crippen LogP contribution >= 0.6 is 0 Å². The molecule has 3 N–H and O–H groups in total. The summed E-state index contributed by atoms with van der Waals surface area (Å²) >= 11 is 0. The third kappa shape index (κ3) is 7.60. The normalized spacial score (nSPS) is 25.9. The molecule has 0 fully saturated rings. The van der Waals surface area contributed by atoms with Crippen LogP contribution in [0, 0.1) is 11.6 Å². The lowest BCUT2D eigenvalue weighted by molar-refractivity contribution is -0.122. The molecule has 2 aromatic rings. The molecule has 2 bridgehead atoms. The Kier molecular flexibility index (Phi) is 9.29. The summed E-state index contributed by atoms with van der Waals surface area (Å²) in [4.78, 5) is 12.6. The van der Waals surface area contributed by atoms with E-state index in [2.05, 4.69) is 10.6 Å². The summed E-state index contributed by atoms with van der Waals surface area (Å²) in [7, 11) is 0.